The van der Waals surface area contributed by atoms with E-state index in [1.54, 1.807) is 30.5 Å². The highest BCUT2D eigenvalue weighted by Crippen LogP contribution is 2.35. The van der Waals surface area contributed by atoms with Crippen LogP contribution in [0.25, 0.3) is 0 Å². The summed E-state index contributed by atoms with van der Waals surface area (Å²) in [6.45, 7) is 3.96. The summed E-state index contributed by atoms with van der Waals surface area (Å²) in [7, 11) is 0. The maximum Gasteiger partial charge on any atom is 0.265 e. The summed E-state index contributed by atoms with van der Waals surface area (Å²) in [5, 5.41) is 9.75. The molecule has 1 saturated carbocycles. The first-order valence-corrected chi connectivity index (χ1v) is 10.5. The van der Waals surface area contributed by atoms with Crippen LogP contribution in [-0.2, 0) is 4.79 Å². The maximum absolute atomic E-state index is 13.5. The monoisotopic (exact) mass is 399 g/mol. The fourth-order valence-corrected chi connectivity index (χ4v) is 4.33. The van der Waals surface area contributed by atoms with Crippen molar-refractivity contribution >= 4 is 23.7 Å². The second-order valence-corrected chi connectivity index (χ2v) is 8.29. The number of rotatable bonds is 3. The van der Waals surface area contributed by atoms with Gasteiger partial charge < -0.3 is 0 Å². The molecule has 0 saturated heterocycles. The van der Waals surface area contributed by atoms with Crippen LogP contribution >= 0.6 is 0 Å². The Kier molecular flexibility index (Phi) is 5.26. The number of nitrogens with zero attached hydrogens (tertiary/aromatic N) is 3. The van der Waals surface area contributed by atoms with Gasteiger partial charge in [0, 0.05) is 11.8 Å². The zero-order chi connectivity index (χ0) is 21.3. The van der Waals surface area contributed by atoms with E-state index in [0.717, 1.165) is 30.4 Å². The Labute approximate surface area is 177 Å². The Morgan fingerprint density at radius 1 is 1.07 bits per heavy atom. The Morgan fingerprint density at radius 3 is 2.50 bits per heavy atom. The molecule has 1 aliphatic heterocycles. The van der Waals surface area contributed by atoms with Crippen LogP contribution in [-0.4, -0.2) is 23.6 Å². The molecule has 0 radical (unpaired) electrons. The molecule has 2 aromatic rings. The molecule has 2 aromatic carbocycles. The third-order valence-corrected chi connectivity index (χ3v) is 6.32. The lowest BCUT2D eigenvalue weighted by atomic mass is 9.83. The van der Waals surface area contributed by atoms with Crippen molar-refractivity contribution in [2.45, 2.75) is 57.4 Å². The normalized spacial score (nSPS) is 20.8. The number of amides is 2. The van der Waals surface area contributed by atoms with Crippen molar-refractivity contribution in [3.63, 3.8) is 0 Å². The number of hydrogen-bond donors (Lipinski definition) is 0. The number of fused-ring (bicyclic) bond motifs is 1. The third-order valence-electron chi connectivity index (χ3n) is 6.32. The molecule has 0 spiro atoms. The molecule has 0 N–H and O–H groups in total. The van der Waals surface area contributed by atoms with Crippen molar-refractivity contribution in [2.75, 3.05) is 4.90 Å². The number of carbonyl (C=O) groups is 2. The minimum absolute atomic E-state index is 0.323. The summed E-state index contributed by atoms with van der Waals surface area (Å²) in [4.78, 5) is 32.6. The Balaban J connectivity index is 1.77. The van der Waals surface area contributed by atoms with Gasteiger partial charge in [-0.2, -0.15) is 5.26 Å². The van der Waals surface area contributed by atoms with Crippen LogP contribution in [0, 0.1) is 25.2 Å². The Bertz CT molecular complexity index is 1070. The first-order valence-electron chi connectivity index (χ1n) is 10.5. The fraction of sp³-hybridized carbons (Fsp3) is 0.360. The molecule has 1 atom stereocenters. The highest BCUT2D eigenvalue weighted by molar-refractivity contribution is 6.29. The summed E-state index contributed by atoms with van der Waals surface area (Å²) >= 11 is 0. The number of aliphatic imine (C=N–C) groups is 1. The maximum atomic E-state index is 13.5. The molecular formula is C25H25N3O2. The number of nitriles is 1. The third kappa shape index (κ3) is 3.43. The number of benzene rings is 2. The second kappa shape index (κ2) is 7.87. The van der Waals surface area contributed by atoms with Crippen molar-refractivity contribution in [2.24, 2.45) is 4.99 Å². The summed E-state index contributed by atoms with van der Waals surface area (Å²) in [6.07, 6.45) is 6.07. The average Bonchev–Trinajstić information content (AvgIpc) is 2.77. The molecule has 4 rings (SSSR count). The van der Waals surface area contributed by atoms with Crippen LogP contribution < -0.4 is 4.90 Å². The number of carbonyl (C=O) groups excluding carboxylic acids is 2. The van der Waals surface area contributed by atoms with Crippen LogP contribution in [0.2, 0.25) is 0 Å². The van der Waals surface area contributed by atoms with Crippen molar-refractivity contribution in [1.29, 1.82) is 5.26 Å². The van der Waals surface area contributed by atoms with Gasteiger partial charge in [0.25, 0.3) is 5.91 Å². The van der Waals surface area contributed by atoms with E-state index in [0.29, 0.717) is 29.7 Å². The molecule has 1 fully saturated rings. The van der Waals surface area contributed by atoms with Crippen LogP contribution in [0.1, 0.15) is 65.1 Å². The molecule has 2 amide bonds. The highest BCUT2D eigenvalue weighted by Gasteiger charge is 2.40. The highest BCUT2D eigenvalue weighted by atomic mass is 16.2. The Hall–Kier alpha value is -3.26. The van der Waals surface area contributed by atoms with Gasteiger partial charge in [-0.1, -0.05) is 30.7 Å². The molecule has 5 nitrogen and oxygen atoms in total. The van der Waals surface area contributed by atoms with Crippen LogP contribution in [0.4, 0.5) is 5.69 Å². The van der Waals surface area contributed by atoms with Gasteiger partial charge in [0.1, 0.15) is 5.54 Å². The van der Waals surface area contributed by atoms with Gasteiger partial charge in [0.15, 0.2) is 0 Å². The average molecular weight is 399 g/mol. The summed E-state index contributed by atoms with van der Waals surface area (Å²) < 4.78 is 0. The van der Waals surface area contributed by atoms with Gasteiger partial charge in [-0.05, 0) is 74.4 Å². The summed E-state index contributed by atoms with van der Waals surface area (Å²) in [5.74, 6) is -1.33. The van der Waals surface area contributed by atoms with Gasteiger partial charge in [0.05, 0.1) is 17.7 Å². The fourth-order valence-electron chi connectivity index (χ4n) is 4.33. The molecule has 0 aromatic heterocycles. The van der Waals surface area contributed by atoms with E-state index in [-0.39, 0.29) is 11.8 Å². The molecule has 1 heterocycles. The van der Waals surface area contributed by atoms with E-state index in [4.69, 9.17) is 0 Å². The molecule has 0 bridgehead atoms. The van der Waals surface area contributed by atoms with Gasteiger partial charge in [-0.25, -0.2) is 4.90 Å². The van der Waals surface area contributed by atoms with E-state index >= 15 is 0 Å². The van der Waals surface area contributed by atoms with Crippen molar-refractivity contribution in [3.05, 3.63) is 64.7 Å². The van der Waals surface area contributed by atoms with E-state index in [1.165, 1.54) is 4.90 Å². The van der Waals surface area contributed by atoms with Crippen LogP contribution in [0.3, 0.4) is 0 Å². The first kappa shape index (κ1) is 20.0. The zero-order valence-electron chi connectivity index (χ0n) is 17.4. The molecular weight excluding hydrogens is 374 g/mol. The lowest BCUT2D eigenvalue weighted by Crippen LogP contribution is -2.45. The van der Waals surface area contributed by atoms with Crippen molar-refractivity contribution < 1.29 is 9.59 Å². The molecule has 5 heteroatoms. The standard InChI is InChI=1S/C25H25N3O2/c1-17-10-11-19(14-18(17)2)28-23(29)21-9-5-4-8-20(21)22(24(28)30)15-27-25(16-26)12-6-3-7-13-25/h4-5,8-11,14-15,22H,3,6-7,12-13H2,1-2H3/t22-/m0/s1. The van der Waals surface area contributed by atoms with Crippen molar-refractivity contribution in [1.82, 2.24) is 0 Å². The van der Waals surface area contributed by atoms with E-state index in [1.807, 2.05) is 32.0 Å². The van der Waals surface area contributed by atoms with E-state index in [2.05, 4.69) is 11.1 Å². The topological polar surface area (TPSA) is 73.5 Å². The molecule has 2 aliphatic rings. The zero-order valence-corrected chi connectivity index (χ0v) is 17.4. The first-order chi connectivity index (χ1) is 14.5. The summed E-state index contributed by atoms with van der Waals surface area (Å²) in [5.41, 5.74) is 3.07. The van der Waals surface area contributed by atoms with E-state index < -0.39 is 11.5 Å². The number of hydrogen-bond acceptors (Lipinski definition) is 4. The van der Waals surface area contributed by atoms with Gasteiger partial charge in [-0.15, -0.1) is 0 Å². The van der Waals surface area contributed by atoms with Crippen molar-refractivity contribution in [3.8, 4) is 6.07 Å². The summed E-state index contributed by atoms with van der Waals surface area (Å²) in [6, 6.07) is 15.1. The quantitative estimate of drug-likeness (QED) is 0.546. The number of imide groups is 1. The Morgan fingerprint density at radius 2 is 1.80 bits per heavy atom. The SMILES string of the molecule is Cc1ccc(N2C(=O)c3ccccc3[C@H](C=NC3(C#N)CCCCC3)C2=O)cc1C. The minimum Gasteiger partial charge on any atom is -0.275 e. The molecule has 152 valence electrons. The van der Waals surface area contributed by atoms with Gasteiger partial charge in [-0.3, -0.25) is 14.6 Å². The van der Waals surface area contributed by atoms with Gasteiger partial charge >= 0.3 is 0 Å². The predicted octanol–water partition coefficient (Wildman–Crippen LogP) is 4.87. The van der Waals surface area contributed by atoms with Gasteiger partial charge in [0.2, 0.25) is 5.91 Å². The minimum atomic E-state index is -0.764. The van der Waals surface area contributed by atoms with Crippen LogP contribution in [0.5, 0.6) is 0 Å². The molecule has 1 aliphatic carbocycles. The second-order valence-electron chi connectivity index (χ2n) is 8.29. The smallest absolute Gasteiger partial charge is 0.265 e. The predicted molar refractivity (Wildman–Crippen MR) is 117 cm³/mol. The lowest BCUT2D eigenvalue weighted by Gasteiger charge is -2.32. The van der Waals surface area contributed by atoms with Crippen LogP contribution in [0.15, 0.2) is 47.5 Å². The number of anilines is 1. The van der Waals surface area contributed by atoms with E-state index in [9.17, 15) is 14.9 Å². The largest absolute Gasteiger partial charge is 0.275 e. The number of aryl methyl sites for hydroxylation is 2. The lowest BCUT2D eigenvalue weighted by molar-refractivity contribution is -0.118. The molecule has 30 heavy (non-hydrogen) atoms. The molecule has 0 unspecified atom stereocenters.